The fourth-order valence-corrected chi connectivity index (χ4v) is 2.64. The van der Waals surface area contributed by atoms with Crippen LogP contribution in [0.15, 0.2) is 42.5 Å². The second kappa shape index (κ2) is 6.47. The predicted molar refractivity (Wildman–Crippen MR) is 93.7 cm³/mol. The predicted octanol–water partition coefficient (Wildman–Crippen LogP) is 3.65. The van der Waals surface area contributed by atoms with E-state index in [1.54, 1.807) is 20.3 Å². The van der Waals surface area contributed by atoms with E-state index in [0.29, 0.717) is 22.9 Å². The average molecular weight is 319 g/mol. The lowest BCUT2D eigenvalue weighted by atomic mass is 10.1. The Kier molecular flexibility index (Phi) is 4.21. The number of hydrogen-bond acceptors (Lipinski definition) is 4. The maximum Gasteiger partial charge on any atom is 0.161 e. The summed E-state index contributed by atoms with van der Waals surface area (Å²) in [6, 6.07) is 15.6. The van der Waals surface area contributed by atoms with Crippen molar-refractivity contribution in [2.45, 2.75) is 0 Å². The van der Waals surface area contributed by atoms with E-state index in [0.717, 1.165) is 16.6 Å². The Hall–Kier alpha value is -3.26. The number of para-hydroxylation sites is 2. The van der Waals surface area contributed by atoms with Crippen molar-refractivity contribution in [2.75, 3.05) is 14.2 Å². The van der Waals surface area contributed by atoms with Crippen molar-refractivity contribution in [2.24, 2.45) is 7.05 Å². The summed E-state index contributed by atoms with van der Waals surface area (Å²) in [4.78, 5) is 4.57. The van der Waals surface area contributed by atoms with Gasteiger partial charge in [-0.1, -0.05) is 18.2 Å². The van der Waals surface area contributed by atoms with E-state index in [4.69, 9.17) is 9.47 Å². The molecule has 0 saturated heterocycles. The van der Waals surface area contributed by atoms with Crippen LogP contribution in [0.4, 0.5) is 0 Å². The Labute approximate surface area is 140 Å². The number of fused-ring (bicyclic) bond motifs is 1. The number of aryl methyl sites for hydroxylation is 1. The normalized spacial score (nSPS) is 11.3. The number of allylic oxidation sites excluding steroid dienone is 1. The van der Waals surface area contributed by atoms with Crippen molar-refractivity contribution in [1.82, 2.24) is 9.55 Å². The smallest absolute Gasteiger partial charge is 0.161 e. The largest absolute Gasteiger partial charge is 0.493 e. The van der Waals surface area contributed by atoms with Gasteiger partial charge in [-0.05, 0) is 35.9 Å². The van der Waals surface area contributed by atoms with Crippen LogP contribution in [0.25, 0.3) is 22.7 Å². The Balaban J connectivity index is 2.09. The second-order valence-corrected chi connectivity index (χ2v) is 5.27. The van der Waals surface area contributed by atoms with E-state index in [1.165, 1.54) is 0 Å². The quantitative estimate of drug-likeness (QED) is 0.689. The number of aromatic nitrogens is 2. The van der Waals surface area contributed by atoms with Gasteiger partial charge in [0.15, 0.2) is 17.3 Å². The highest BCUT2D eigenvalue weighted by Gasteiger charge is 2.12. The third-order valence-electron chi connectivity index (χ3n) is 3.87. The number of nitriles is 1. The number of benzene rings is 2. The minimum absolute atomic E-state index is 0.487. The van der Waals surface area contributed by atoms with Gasteiger partial charge in [0.25, 0.3) is 0 Å². The first kappa shape index (κ1) is 15.6. The molecule has 0 fully saturated rings. The van der Waals surface area contributed by atoms with Crippen molar-refractivity contribution in [3.8, 4) is 17.6 Å². The van der Waals surface area contributed by atoms with E-state index >= 15 is 0 Å². The van der Waals surface area contributed by atoms with E-state index in [9.17, 15) is 5.26 Å². The van der Waals surface area contributed by atoms with Gasteiger partial charge in [-0.15, -0.1) is 0 Å². The van der Waals surface area contributed by atoms with Gasteiger partial charge in [-0.25, -0.2) is 4.98 Å². The van der Waals surface area contributed by atoms with E-state index in [-0.39, 0.29) is 0 Å². The van der Waals surface area contributed by atoms with Crippen LogP contribution < -0.4 is 9.47 Å². The van der Waals surface area contributed by atoms with Crippen molar-refractivity contribution in [3.05, 3.63) is 53.9 Å². The zero-order chi connectivity index (χ0) is 17.1. The molecule has 3 aromatic rings. The number of imidazole rings is 1. The molecule has 5 nitrogen and oxygen atoms in total. The van der Waals surface area contributed by atoms with Gasteiger partial charge in [-0.2, -0.15) is 5.26 Å². The first-order chi connectivity index (χ1) is 11.7. The Morgan fingerprint density at radius 2 is 1.88 bits per heavy atom. The van der Waals surface area contributed by atoms with Crippen LogP contribution >= 0.6 is 0 Å². The molecule has 0 bridgehead atoms. The summed E-state index contributed by atoms with van der Waals surface area (Å²) in [5.74, 6) is 1.90. The average Bonchev–Trinajstić information content (AvgIpc) is 2.96. The van der Waals surface area contributed by atoms with Crippen molar-refractivity contribution >= 4 is 22.7 Å². The monoisotopic (exact) mass is 319 g/mol. The van der Waals surface area contributed by atoms with Gasteiger partial charge in [-0.3, -0.25) is 0 Å². The van der Waals surface area contributed by atoms with Gasteiger partial charge < -0.3 is 14.0 Å². The molecule has 0 radical (unpaired) electrons. The molecule has 0 aliphatic rings. The van der Waals surface area contributed by atoms with Crippen LogP contribution in [0.1, 0.15) is 11.4 Å². The number of nitrogens with zero attached hydrogens (tertiary/aromatic N) is 3. The lowest BCUT2D eigenvalue weighted by molar-refractivity contribution is 0.355. The third-order valence-corrected chi connectivity index (χ3v) is 3.87. The molecule has 120 valence electrons. The highest BCUT2D eigenvalue weighted by atomic mass is 16.5. The van der Waals surface area contributed by atoms with Crippen LogP contribution in [0.5, 0.6) is 11.5 Å². The second-order valence-electron chi connectivity index (χ2n) is 5.27. The summed E-state index contributed by atoms with van der Waals surface area (Å²) in [7, 11) is 5.08. The molecule has 0 aliphatic heterocycles. The molecule has 2 aromatic carbocycles. The zero-order valence-corrected chi connectivity index (χ0v) is 13.8. The number of rotatable bonds is 4. The molecule has 0 N–H and O–H groups in total. The van der Waals surface area contributed by atoms with E-state index < -0.39 is 0 Å². The third kappa shape index (κ3) is 2.70. The highest BCUT2D eigenvalue weighted by molar-refractivity contribution is 5.91. The summed E-state index contributed by atoms with van der Waals surface area (Å²) in [5.41, 5.74) is 3.18. The van der Waals surface area contributed by atoms with Gasteiger partial charge in [0.1, 0.15) is 6.07 Å². The molecule has 1 aromatic heterocycles. The van der Waals surface area contributed by atoms with Crippen LogP contribution in [-0.2, 0) is 7.05 Å². The van der Waals surface area contributed by atoms with Crippen molar-refractivity contribution in [1.29, 1.82) is 5.26 Å². The molecule has 0 atom stereocenters. The SMILES string of the molecule is COc1ccc(/C=C(\C#N)c2nc3ccccc3n2C)cc1OC. The standard InChI is InChI=1S/C19H17N3O2/c1-22-16-7-5-4-6-15(16)21-19(22)14(12-20)10-13-8-9-17(23-2)18(11-13)24-3/h4-11H,1-3H3/b14-10+. The maximum atomic E-state index is 9.59. The Morgan fingerprint density at radius 1 is 1.12 bits per heavy atom. The fraction of sp³-hybridized carbons (Fsp3) is 0.158. The molecule has 5 heteroatoms. The van der Waals surface area contributed by atoms with Gasteiger partial charge in [0, 0.05) is 7.05 Å². The summed E-state index contributed by atoms with van der Waals surface area (Å²) in [5, 5.41) is 9.59. The first-order valence-corrected chi connectivity index (χ1v) is 7.43. The molecular formula is C19H17N3O2. The molecule has 0 spiro atoms. The molecule has 0 amide bonds. The van der Waals surface area contributed by atoms with E-state index in [2.05, 4.69) is 11.1 Å². The topological polar surface area (TPSA) is 60.1 Å². The molecular weight excluding hydrogens is 302 g/mol. The molecule has 0 aliphatic carbocycles. The number of ether oxygens (including phenoxy) is 2. The zero-order valence-electron chi connectivity index (χ0n) is 13.8. The summed E-state index contributed by atoms with van der Waals surface area (Å²) in [6.45, 7) is 0. The first-order valence-electron chi connectivity index (χ1n) is 7.43. The van der Waals surface area contributed by atoms with Gasteiger partial charge in [0.2, 0.25) is 0 Å². The Bertz CT molecular complexity index is 964. The highest BCUT2D eigenvalue weighted by Crippen LogP contribution is 2.29. The van der Waals surface area contributed by atoms with Crippen LogP contribution in [0, 0.1) is 11.3 Å². The molecule has 0 saturated carbocycles. The van der Waals surface area contributed by atoms with Crippen molar-refractivity contribution in [3.63, 3.8) is 0 Å². The van der Waals surface area contributed by atoms with E-state index in [1.807, 2.05) is 54.1 Å². The molecule has 0 unspecified atom stereocenters. The molecule has 3 rings (SSSR count). The summed E-state index contributed by atoms with van der Waals surface area (Å²) in [6.07, 6.45) is 1.79. The summed E-state index contributed by atoms with van der Waals surface area (Å²) < 4.78 is 12.5. The van der Waals surface area contributed by atoms with Crippen LogP contribution in [0.2, 0.25) is 0 Å². The summed E-state index contributed by atoms with van der Waals surface area (Å²) >= 11 is 0. The minimum atomic E-state index is 0.487. The van der Waals surface area contributed by atoms with Gasteiger partial charge >= 0.3 is 0 Å². The van der Waals surface area contributed by atoms with Crippen LogP contribution in [-0.4, -0.2) is 23.8 Å². The Morgan fingerprint density at radius 3 is 2.54 bits per heavy atom. The lowest BCUT2D eigenvalue weighted by Crippen LogP contribution is -1.96. The maximum absolute atomic E-state index is 9.59. The lowest BCUT2D eigenvalue weighted by Gasteiger charge is -2.08. The van der Waals surface area contributed by atoms with Crippen LogP contribution in [0.3, 0.4) is 0 Å². The fourth-order valence-electron chi connectivity index (χ4n) is 2.64. The number of methoxy groups -OCH3 is 2. The van der Waals surface area contributed by atoms with Crippen molar-refractivity contribution < 1.29 is 9.47 Å². The minimum Gasteiger partial charge on any atom is -0.493 e. The van der Waals surface area contributed by atoms with Gasteiger partial charge in [0.05, 0.1) is 30.8 Å². The molecule has 24 heavy (non-hydrogen) atoms. The number of hydrogen-bond donors (Lipinski definition) is 0. The molecule has 1 heterocycles.